The Morgan fingerprint density at radius 1 is 1.47 bits per heavy atom. The van der Waals surface area contributed by atoms with Gasteiger partial charge in [-0.15, -0.1) is 0 Å². The van der Waals surface area contributed by atoms with E-state index < -0.39 is 11.9 Å². The molecule has 0 amide bonds. The third-order valence-corrected chi connectivity index (χ3v) is 2.41. The van der Waals surface area contributed by atoms with Gasteiger partial charge >= 0.3 is 0 Å². The van der Waals surface area contributed by atoms with Crippen LogP contribution in [0.4, 0.5) is 4.39 Å². The van der Waals surface area contributed by atoms with E-state index in [0.717, 1.165) is 5.56 Å². The largest absolute Gasteiger partial charge is 0.347 e. The average Bonchev–Trinajstić information content (AvgIpc) is 2.74. The standard InChI is InChI=1S/C10H9ClFN3/c11-7-5-6(1-2-8(7)12)9(13)10-14-3-4-15-10/h1-5,9H,13H2,(H,14,15). The van der Waals surface area contributed by atoms with Gasteiger partial charge in [0.1, 0.15) is 11.6 Å². The zero-order chi connectivity index (χ0) is 10.8. The SMILES string of the molecule is NC(c1ccc(F)c(Cl)c1)c1ncc[nH]1. The summed E-state index contributed by atoms with van der Waals surface area (Å²) in [6.07, 6.45) is 3.29. The Morgan fingerprint density at radius 3 is 2.87 bits per heavy atom. The van der Waals surface area contributed by atoms with E-state index in [9.17, 15) is 4.39 Å². The molecule has 0 aliphatic rings. The Morgan fingerprint density at radius 2 is 2.27 bits per heavy atom. The summed E-state index contributed by atoms with van der Waals surface area (Å²) in [6.45, 7) is 0. The fraction of sp³-hybridized carbons (Fsp3) is 0.100. The van der Waals surface area contributed by atoms with E-state index in [1.807, 2.05) is 0 Å². The predicted octanol–water partition coefficient (Wildman–Crippen LogP) is 2.25. The molecule has 78 valence electrons. The van der Waals surface area contributed by atoms with E-state index in [0.29, 0.717) is 5.82 Å². The van der Waals surface area contributed by atoms with Crippen LogP contribution in [0.2, 0.25) is 5.02 Å². The highest BCUT2D eigenvalue weighted by Crippen LogP contribution is 2.22. The van der Waals surface area contributed by atoms with Crippen molar-refractivity contribution in [2.75, 3.05) is 0 Å². The molecule has 3 N–H and O–H groups in total. The van der Waals surface area contributed by atoms with Crippen molar-refractivity contribution in [3.8, 4) is 0 Å². The van der Waals surface area contributed by atoms with Gasteiger partial charge < -0.3 is 10.7 Å². The van der Waals surface area contributed by atoms with Gasteiger partial charge in [-0.25, -0.2) is 9.37 Å². The molecule has 2 aromatic rings. The van der Waals surface area contributed by atoms with Crippen LogP contribution in [0, 0.1) is 5.82 Å². The molecule has 1 aromatic carbocycles. The first kappa shape index (κ1) is 10.1. The van der Waals surface area contributed by atoms with Crippen molar-refractivity contribution in [1.82, 2.24) is 9.97 Å². The second kappa shape index (κ2) is 4.00. The zero-order valence-corrected chi connectivity index (χ0v) is 8.50. The van der Waals surface area contributed by atoms with Gasteiger partial charge in [0.05, 0.1) is 11.1 Å². The number of hydrogen-bond donors (Lipinski definition) is 2. The summed E-state index contributed by atoms with van der Waals surface area (Å²) in [5.41, 5.74) is 6.62. The summed E-state index contributed by atoms with van der Waals surface area (Å²) in [5, 5.41) is 0.0644. The van der Waals surface area contributed by atoms with Crippen molar-refractivity contribution in [3.63, 3.8) is 0 Å². The molecule has 1 aromatic heterocycles. The zero-order valence-electron chi connectivity index (χ0n) is 7.74. The van der Waals surface area contributed by atoms with Crippen molar-refractivity contribution in [1.29, 1.82) is 0 Å². The molecule has 3 nitrogen and oxygen atoms in total. The topological polar surface area (TPSA) is 54.7 Å². The maximum atomic E-state index is 12.9. The molecule has 1 heterocycles. The molecule has 0 saturated heterocycles. The van der Waals surface area contributed by atoms with Gasteiger partial charge in [0, 0.05) is 12.4 Å². The highest BCUT2D eigenvalue weighted by molar-refractivity contribution is 6.30. The number of imidazole rings is 1. The molecule has 0 saturated carbocycles. The Kier molecular flexibility index (Phi) is 2.70. The molecule has 1 atom stereocenters. The molecule has 5 heteroatoms. The van der Waals surface area contributed by atoms with Crippen molar-refractivity contribution < 1.29 is 4.39 Å². The lowest BCUT2D eigenvalue weighted by Gasteiger charge is -2.09. The van der Waals surface area contributed by atoms with Crippen LogP contribution in [0.3, 0.4) is 0 Å². The quantitative estimate of drug-likeness (QED) is 0.824. The Bertz CT molecular complexity index is 456. The third-order valence-electron chi connectivity index (χ3n) is 2.12. The Hall–Kier alpha value is -1.39. The van der Waals surface area contributed by atoms with Crippen LogP contribution >= 0.6 is 11.6 Å². The maximum Gasteiger partial charge on any atom is 0.141 e. The Balaban J connectivity index is 2.34. The monoisotopic (exact) mass is 225 g/mol. The van der Waals surface area contributed by atoms with Crippen molar-refractivity contribution in [2.24, 2.45) is 5.73 Å². The molecule has 0 aliphatic carbocycles. The van der Waals surface area contributed by atoms with Gasteiger partial charge in [-0.05, 0) is 17.7 Å². The number of benzene rings is 1. The van der Waals surface area contributed by atoms with Crippen LogP contribution in [-0.4, -0.2) is 9.97 Å². The number of rotatable bonds is 2. The van der Waals surface area contributed by atoms with Crippen LogP contribution in [-0.2, 0) is 0 Å². The van der Waals surface area contributed by atoms with E-state index in [1.54, 1.807) is 18.5 Å². The molecule has 0 aliphatic heterocycles. The molecular formula is C10H9ClFN3. The fourth-order valence-electron chi connectivity index (χ4n) is 1.31. The van der Waals surface area contributed by atoms with Crippen LogP contribution in [0.5, 0.6) is 0 Å². The minimum absolute atomic E-state index is 0.0644. The summed E-state index contributed by atoms with van der Waals surface area (Å²) < 4.78 is 12.9. The molecule has 0 bridgehead atoms. The number of halogens is 2. The normalized spacial score (nSPS) is 12.7. The second-order valence-corrected chi connectivity index (χ2v) is 3.53. The molecule has 0 radical (unpaired) electrons. The average molecular weight is 226 g/mol. The number of hydrogen-bond acceptors (Lipinski definition) is 2. The minimum Gasteiger partial charge on any atom is -0.347 e. The Labute approximate surface area is 91.1 Å². The van der Waals surface area contributed by atoms with E-state index in [-0.39, 0.29) is 5.02 Å². The highest BCUT2D eigenvalue weighted by Gasteiger charge is 2.12. The second-order valence-electron chi connectivity index (χ2n) is 3.13. The van der Waals surface area contributed by atoms with Crippen LogP contribution in [0.15, 0.2) is 30.6 Å². The van der Waals surface area contributed by atoms with Crippen LogP contribution in [0.1, 0.15) is 17.4 Å². The lowest BCUT2D eigenvalue weighted by atomic mass is 10.1. The molecule has 2 rings (SSSR count). The first-order chi connectivity index (χ1) is 7.18. The number of H-pyrrole nitrogens is 1. The van der Waals surface area contributed by atoms with Gasteiger partial charge in [-0.2, -0.15) is 0 Å². The van der Waals surface area contributed by atoms with Crippen molar-refractivity contribution >= 4 is 11.6 Å². The summed E-state index contributed by atoms with van der Waals surface area (Å²) in [4.78, 5) is 6.92. The summed E-state index contributed by atoms with van der Waals surface area (Å²) in [6, 6.07) is 3.97. The van der Waals surface area contributed by atoms with Crippen molar-refractivity contribution in [3.05, 3.63) is 52.8 Å². The molecule has 0 spiro atoms. The molecule has 0 fully saturated rings. The lowest BCUT2D eigenvalue weighted by Crippen LogP contribution is -2.13. The molecular weight excluding hydrogens is 217 g/mol. The fourth-order valence-corrected chi connectivity index (χ4v) is 1.50. The first-order valence-corrected chi connectivity index (χ1v) is 4.76. The van der Waals surface area contributed by atoms with Crippen molar-refractivity contribution in [2.45, 2.75) is 6.04 Å². The van der Waals surface area contributed by atoms with E-state index in [2.05, 4.69) is 9.97 Å². The lowest BCUT2D eigenvalue weighted by molar-refractivity contribution is 0.626. The third kappa shape index (κ3) is 2.00. The summed E-state index contributed by atoms with van der Waals surface area (Å²) >= 11 is 5.66. The predicted molar refractivity (Wildman–Crippen MR) is 56.0 cm³/mol. The van der Waals surface area contributed by atoms with E-state index in [1.165, 1.54) is 12.1 Å². The minimum atomic E-state index is -0.452. The number of nitrogens with one attached hydrogen (secondary N) is 1. The van der Waals surface area contributed by atoms with Gasteiger partial charge in [0.15, 0.2) is 0 Å². The number of aromatic amines is 1. The van der Waals surface area contributed by atoms with Gasteiger partial charge in [0.2, 0.25) is 0 Å². The van der Waals surface area contributed by atoms with E-state index in [4.69, 9.17) is 17.3 Å². The van der Waals surface area contributed by atoms with Gasteiger partial charge in [0.25, 0.3) is 0 Å². The molecule has 1 unspecified atom stereocenters. The number of aromatic nitrogens is 2. The van der Waals surface area contributed by atoms with Gasteiger partial charge in [-0.3, -0.25) is 0 Å². The number of nitrogens with two attached hydrogens (primary N) is 1. The summed E-state index contributed by atoms with van der Waals surface area (Å²) in [7, 11) is 0. The summed E-state index contributed by atoms with van der Waals surface area (Å²) in [5.74, 6) is 0.171. The van der Waals surface area contributed by atoms with Crippen LogP contribution in [0.25, 0.3) is 0 Å². The van der Waals surface area contributed by atoms with E-state index >= 15 is 0 Å². The highest BCUT2D eigenvalue weighted by atomic mass is 35.5. The molecule has 15 heavy (non-hydrogen) atoms. The maximum absolute atomic E-state index is 12.9. The smallest absolute Gasteiger partial charge is 0.141 e. The van der Waals surface area contributed by atoms with Crippen LogP contribution < -0.4 is 5.73 Å². The first-order valence-electron chi connectivity index (χ1n) is 4.38. The number of nitrogens with zero attached hydrogens (tertiary/aromatic N) is 1. The van der Waals surface area contributed by atoms with Gasteiger partial charge in [-0.1, -0.05) is 17.7 Å².